The summed E-state index contributed by atoms with van der Waals surface area (Å²) in [5.41, 5.74) is 2.27. The van der Waals surface area contributed by atoms with E-state index in [-0.39, 0.29) is 0 Å². The predicted molar refractivity (Wildman–Crippen MR) is 69.2 cm³/mol. The van der Waals surface area contributed by atoms with Gasteiger partial charge in [-0.25, -0.2) is 4.79 Å². The number of aliphatic hydroxyl groups excluding tert-OH is 1. The van der Waals surface area contributed by atoms with Crippen LogP contribution in [0.15, 0.2) is 18.2 Å². The van der Waals surface area contributed by atoms with Gasteiger partial charge in [0.25, 0.3) is 5.91 Å². The molecule has 0 radical (unpaired) electrons. The van der Waals surface area contributed by atoms with Crippen LogP contribution in [-0.4, -0.2) is 41.3 Å². The summed E-state index contributed by atoms with van der Waals surface area (Å²) in [6, 6.07) is 4.03. The number of carbonyl (C=O) groups excluding carboxylic acids is 1. The Morgan fingerprint density at radius 1 is 1.42 bits per heavy atom. The van der Waals surface area contributed by atoms with Crippen LogP contribution < -0.4 is 10.6 Å². The van der Waals surface area contributed by atoms with Gasteiger partial charge in [-0.1, -0.05) is 6.07 Å². The van der Waals surface area contributed by atoms with Crippen molar-refractivity contribution in [2.24, 2.45) is 0 Å². The number of hydrogen-bond donors (Lipinski definition) is 4. The molecule has 1 aromatic rings. The molecule has 0 aliphatic carbocycles. The first-order valence-corrected chi connectivity index (χ1v) is 6.13. The van der Waals surface area contributed by atoms with E-state index < -0.39 is 24.5 Å². The molecule has 2 rings (SSSR count). The molecule has 102 valence electrons. The number of carboxylic acids is 1. The summed E-state index contributed by atoms with van der Waals surface area (Å²) < 4.78 is 0. The fraction of sp³-hybridized carbons (Fsp3) is 0.385. The SMILES string of the molecule is O=C(N[C@H](CO)C(=O)O)c1cccc2c1CCCN2. The van der Waals surface area contributed by atoms with E-state index >= 15 is 0 Å². The van der Waals surface area contributed by atoms with Crippen LogP contribution >= 0.6 is 0 Å². The van der Waals surface area contributed by atoms with Gasteiger partial charge in [0.1, 0.15) is 0 Å². The maximum atomic E-state index is 12.1. The van der Waals surface area contributed by atoms with Gasteiger partial charge in [0.2, 0.25) is 0 Å². The molecule has 1 aromatic carbocycles. The van der Waals surface area contributed by atoms with Crippen LogP contribution in [0.3, 0.4) is 0 Å². The third-order valence-corrected chi connectivity index (χ3v) is 3.13. The molecule has 1 aliphatic rings. The lowest BCUT2D eigenvalue weighted by molar-refractivity contribution is -0.140. The summed E-state index contributed by atoms with van der Waals surface area (Å²) in [4.78, 5) is 22.9. The first-order valence-electron chi connectivity index (χ1n) is 6.13. The number of nitrogens with one attached hydrogen (secondary N) is 2. The first-order chi connectivity index (χ1) is 9.13. The molecule has 0 aromatic heterocycles. The topological polar surface area (TPSA) is 98.7 Å². The van der Waals surface area contributed by atoms with Crippen LogP contribution in [0.2, 0.25) is 0 Å². The molecular weight excluding hydrogens is 248 g/mol. The van der Waals surface area contributed by atoms with E-state index in [2.05, 4.69) is 10.6 Å². The van der Waals surface area contributed by atoms with Crippen LogP contribution in [0.25, 0.3) is 0 Å². The van der Waals surface area contributed by atoms with Gasteiger partial charge in [-0.05, 0) is 30.5 Å². The van der Waals surface area contributed by atoms with Crippen molar-refractivity contribution in [3.63, 3.8) is 0 Å². The largest absolute Gasteiger partial charge is 0.480 e. The average Bonchev–Trinajstić information content (AvgIpc) is 2.43. The standard InChI is InChI=1S/C13H16N2O4/c16-7-11(13(18)19)15-12(17)9-3-1-5-10-8(9)4-2-6-14-10/h1,3,5,11,14,16H,2,4,6-7H2,(H,15,17)(H,18,19)/t11-/m1/s1. The van der Waals surface area contributed by atoms with Crippen LogP contribution in [0.4, 0.5) is 5.69 Å². The number of fused-ring (bicyclic) bond motifs is 1. The van der Waals surface area contributed by atoms with Crippen LogP contribution in [0.5, 0.6) is 0 Å². The summed E-state index contributed by atoms with van der Waals surface area (Å²) in [6.07, 6.45) is 1.71. The molecule has 6 nitrogen and oxygen atoms in total. The Kier molecular flexibility index (Phi) is 4.01. The highest BCUT2D eigenvalue weighted by atomic mass is 16.4. The smallest absolute Gasteiger partial charge is 0.328 e. The van der Waals surface area contributed by atoms with Crippen LogP contribution in [-0.2, 0) is 11.2 Å². The van der Waals surface area contributed by atoms with Crippen molar-refractivity contribution in [1.82, 2.24) is 5.32 Å². The quantitative estimate of drug-likeness (QED) is 0.623. The molecule has 1 amide bonds. The number of aliphatic hydroxyl groups is 1. The van der Waals surface area contributed by atoms with Gasteiger partial charge in [0.05, 0.1) is 6.61 Å². The molecule has 0 saturated heterocycles. The Morgan fingerprint density at radius 3 is 2.89 bits per heavy atom. The Bertz CT molecular complexity index is 501. The zero-order chi connectivity index (χ0) is 13.8. The predicted octanol–water partition coefficient (Wildman–Crippen LogP) is 0.220. The van der Waals surface area contributed by atoms with Crippen molar-refractivity contribution in [3.05, 3.63) is 29.3 Å². The second-order valence-corrected chi connectivity index (χ2v) is 4.41. The normalized spacial score (nSPS) is 15.0. The number of aliphatic carboxylic acids is 1. The van der Waals surface area contributed by atoms with Gasteiger partial charge in [0, 0.05) is 17.8 Å². The van der Waals surface area contributed by atoms with E-state index in [1.165, 1.54) is 0 Å². The minimum atomic E-state index is -1.28. The summed E-state index contributed by atoms with van der Waals surface area (Å²) >= 11 is 0. The molecule has 6 heteroatoms. The number of amides is 1. The molecule has 1 atom stereocenters. The van der Waals surface area contributed by atoms with Gasteiger partial charge >= 0.3 is 5.97 Å². The lowest BCUT2D eigenvalue weighted by Crippen LogP contribution is -2.43. The number of rotatable bonds is 4. The molecule has 1 heterocycles. The molecule has 0 saturated carbocycles. The summed E-state index contributed by atoms with van der Waals surface area (Å²) in [7, 11) is 0. The van der Waals surface area contributed by atoms with Gasteiger partial charge < -0.3 is 20.8 Å². The fourth-order valence-corrected chi connectivity index (χ4v) is 2.14. The highest BCUT2D eigenvalue weighted by molar-refractivity contribution is 5.99. The third kappa shape index (κ3) is 2.85. The maximum Gasteiger partial charge on any atom is 0.328 e. The molecule has 0 fully saturated rings. The van der Waals surface area contributed by atoms with E-state index in [9.17, 15) is 9.59 Å². The molecule has 0 unspecified atom stereocenters. The number of anilines is 1. The molecule has 0 spiro atoms. The Labute approximate surface area is 110 Å². The van der Waals surface area contributed by atoms with Crippen molar-refractivity contribution in [3.8, 4) is 0 Å². The fourth-order valence-electron chi connectivity index (χ4n) is 2.14. The van der Waals surface area contributed by atoms with Crippen molar-refractivity contribution >= 4 is 17.6 Å². The lowest BCUT2D eigenvalue weighted by Gasteiger charge is -2.21. The zero-order valence-electron chi connectivity index (χ0n) is 10.3. The minimum absolute atomic E-state index is 0.462. The second-order valence-electron chi connectivity index (χ2n) is 4.41. The van der Waals surface area contributed by atoms with Gasteiger partial charge in [-0.15, -0.1) is 0 Å². The molecule has 4 N–H and O–H groups in total. The van der Waals surface area contributed by atoms with Gasteiger partial charge in [-0.2, -0.15) is 0 Å². The van der Waals surface area contributed by atoms with Crippen molar-refractivity contribution in [2.75, 3.05) is 18.5 Å². The van der Waals surface area contributed by atoms with E-state index in [1.807, 2.05) is 6.07 Å². The molecule has 1 aliphatic heterocycles. The molecule has 19 heavy (non-hydrogen) atoms. The summed E-state index contributed by atoms with van der Waals surface area (Å²) in [5, 5.41) is 23.3. The van der Waals surface area contributed by atoms with Gasteiger partial charge in [0.15, 0.2) is 6.04 Å². The number of benzene rings is 1. The Hall–Kier alpha value is -2.08. The number of hydrogen-bond acceptors (Lipinski definition) is 4. The van der Waals surface area contributed by atoms with E-state index in [4.69, 9.17) is 10.2 Å². The number of carboxylic acid groups (broad SMARTS) is 1. The second kappa shape index (κ2) is 5.71. The monoisotopic (exact) mass is 264 g/mol. The average molecular weight is 264 g/mol. The van der Waals surface area contributed by atoms with Gasteiger partial charge in [-0.3, -0.25) is 4.79 Å². The van der Waals surface area contributed by atoms with Crippen molar-refractivity contribution in [1.29, 1.82) is 0 Å². The van der Waals surface area contributed by atoms with E-state index in [1.54, 1.807) is 12.1 Å². The van der Waals surface area contributed by atoms with E-state index in [0.29, 0.717) is 5.56 Å². The number of carbonyl (C=O) groups is 2. The lowest BCUT2D eigenvalue weighted by atomic mass is 9.97. The highest BCUT2D eigenvalue weighted by Crippen LogP contribution is 2.25. The molecule has 0 bridgehead atoms. The van der Waals surface area contributed by atoms with Crippen LogP contribution in [0, 0.1) is 0 Å². The maximum absolute atomic E-state index is 12.1. The first kappa shape index (κ1) is 13.4. The van der Waals surface area contributed by atoms with Crippen molar-refractivity contribution in [2.45, 2.75) is 18.9 Å². The third-order valence-electron chi connectivity index (χ3n) is 3.13. The summed E-state index contributed by atoms with van der Waals surface area (Å²) in [5.74, 6) is -1.72. The Balaban J connectivity index is 2.22. The minimum Gasteiger partial charge on any atom is -0.480 e. The van der Waals surface area contributed by atoms with Crippen LogP contribution in [0.1, 0.15) is 22.3 Å². The van der Waals surface area contributed by atoms with E-state index in [0.717, 1.165) is 30.6 Å². The zero-order valence-corrected chi connectivity index (χ0v) is 10.3. The Morgan fingerprint density at radius 2 is 2.21 bits per heavy atom. The van der Waals surface area contributed by atoms with Crippen molar-refractivity contribution < 1.29 is 19.8 Å². The highest BCUT2D eigenvalue weighted by Gasteiger charge is 2.22. The molecular formula is C13H16N2O4. The summed E-state index contributed by atoms with van der Waals surface area (Å²) in [6.45, 7) is 0.237.